The van der Waals surface area contributed by atoms with Crippen molar-refractivity contribution in [2.24, 2.45) is 0 Å². The number of nitrogens with one attached hydrogen (secondary N) is 1. The Bertz CT molecular complexity index is 1170. The van der Waals surface area contributed by atoms with Crippen molar-refractivity contribution in [2.75, 3.05) is 7.11 Å². The van der Waals surface area contributed by atoms with E-state index in [0.29, 0.717) is 28.5 Å². The van der Waals surface area contributed by atoms with E-state index in [2.05, 4.69) is 5.32 Å². The van der Waals surface area contributed by atoms with Crippen LogP contribution < -0.4 is 10.1 Å². The summed E-state index contributed by atoms with van der Waals surface area (Å²) in [6.45, 7) is -0.102. The molecule has 2 N–H and O–H groups in total. The van der Waals surface area contributed by atoms with E-state index in [0.717, 1.165) is 6.07 Å². The SMILES string of the molecule is COc1ccc(-c2cccc(C(=O)O)c2)cc1CNC(=O)c1ccc(C(F)(F)F)cc1F. The highest BCUT2D eigenvalue weighted by Crippen LogP contribution is 2.30. The van der Waals surface area contributed by atoms with Gasteiger partial charge in [-0.15, -0.1) is 0 Å². The van der Waals surface area contributed by atoms with Crippen LogP contribution >= 0.6 is 0 Å². The minimum Gasteiger partial charge on any atom is -0.496 e. The van der Waals surface area contributed by atoms with Gasteiger partial charge in [-0.25, -0.2) is 9.18 Å². The molecule has 32 heavy (non-hydrogen) atoms. The average Bonchev–Trinajstić information content (AvgIpc) is 2.76. The molecular formula is C23H17F4NO4. The smallest absolute Gasteiger partial charge is 0.416 e. The number of alkyl halides is 3. The second-order valence-corrected chi connectivity index (χ2v) is 6.79. The van der Waals surface area contributed by atoms with Gasteiger partial charge in [0.25, 0.3) is 5.91 Å². The first-order chi connectivity index (χ1) is 15.1. The molecule has 3 aromatic rings. The molecule has 0 aliphatic rings. The van der Waals surface area contributed by atoms with Crippen molar-refractivity contribution < 1.29 is 37.0 Å². The van der Waals surface area contributed by atoms with Crippen molar-refractivity contribution in [2.45, 2.75) is 12.7 Å². The molecule has 9 heteroatoms. The lowest BCUT2D eigenvalue weighted by molar-refractivity contribution is -0.137. The third-order valence-corrected chi connectivity index (χ3v) is 4.70. The number of carbonyl (C=O) groups is 2. The van der Waals surface area contributed by atoms with Gasteiger partial charge in [-0.05, 0) is 53.6 Å². The van der Waals surface area contributed by atoms with Gasteiger partial charge in [0.15, 0.2) is 0 Å². The quantitative estimate of drug-likeness (QED) is 0.513. The second-order valence-electron chi connectivity index (χ2n) is 6.79. The van der Waals surface area contributed by atoms with Crippen LogP contribution in [-0.2, 0) is 12.7 Å². The number of ether oxygens (including phenoxy) is 1. The normalized spacial score (nSPS) is 11.2. The van der Waals surface area contributed by atoms with E-state index in [1.54, 1.807) is 30.3 Å². The van der Waals surface area contributed by atoms with Crippen LogP contribution in [0.3, 0.4) is 0 Å². The standard InChI is InChI=1S/C23H17F4NO4/c1-32-20-8-5-14(13-3-2-4-15(9-13)22(30)31)10-16(20)12-28-21(29)18-7-6-17(11-19(18)24)23(25,26)27/h2-11H,12H2,1H3,(H,28,29)(H,30,31). The van der Waals surface area contributed by atoms with Gasteiger partial charge in [0.05, 0.1) is 23.8 Å². The first kappa shape index (κ1) is 22.8. The minimum absolute atomic E-state index is 0.102. The Morgan fingerprint density at radius 1 is 1.00 bits per heavy atom. The number of benzene rings is 3. The molecule has 0 aliphatic carbocycles. The lowest BCUT2D eigenvalue weighted by atomic mass is 10.0. The second kappa shape index (κ2) is 9.09. The summed E-state index contributed by atoms with van der Waals surface area (Å²) in [5.74, 6) is -2.84. The molecule has 3 aromatic carbocycles. The maximum atomic E-state index is 14.1. The Hall–Kier alpha value is -3.88. The van der Waals surface area contributed by atoms with E-state index in [4.69, 9.17) is 4.74 Å². The summed E-state index contributed by atoms with van der Waals surface area (Å²) >= 11 is 0. The number of halogens is 4. The molecule has 5 nitrogen and oxygen atoms in total. The van der Waals surface area contributed by atoms with E-state index in [-0.39, 0.29) is 18.2 Å². The predicted molar refractivity (Wildman–Crippen MR) is 108 cm³/mol. The molecule has 1 amide bonds. The number of rotatable bonds is 6. The molecule has 166 valence electrons. The molecule has 0 radical (unpaired) electrons. The lowest BCUT2D eigenvalue weighted by Gasteiger charge is -2.13. The fraction of sp³-hybridized carbons (Fsp3) is 0.130. The molecule has 0 fully saturated rings. The fourth-order valence-corrected chi connectivity index (χ4v) is 3.07. The van der Waals surface area contributed by atoms with Gasteiger partial charge in [-0.1, -0.05) is 18.2 Å². The average molecular weight is 447 g/mol. The number of aromatic carboxylic acids is 1. The van der Waals surface area contributed by atoms with E-state index in [1.165, 1.54) is 19.2 Å². The van der Waals surface area contributed by atoms with Gasteiger partial charge in [-0.3, -0.25) is 4.79 Å². The minimum atomic E-state index is -4.72. The monoisotopic (exact) mass is 447 g/mol. The summed E-state index contributed by atoms with van der Waals surface area (Å²) in [5, 5.41) is 11.6. The number of amides is 1. The summed E-state index contributed by atoms with van der Waals surface area (Å²) in [6.07, 6.45) is -4.72. The Morgan fingerprint density at radius 3 is 2.34 bits per heavy atom. The molecule has 0 bridgehead atoms. The number of carbonyl (C=O) groups excluding carboxylic acids is 1. The largest absolute Gasteiger partial charge is 0.496 e. The number of hydrogen-bond donors (Lipinski definition) is 2. The van der Waals surface area contributed by atoms with E-state index in [1.807, 2.05) is 0 Å². The lowest BCUT2D eigenvalue weighted by Crippen LogP contribution is -2.24. The van der Waals surface area contributed by atoms with Gasteiger partial charge >= 0.3 is 12.1 Å². The molecule has 3 rings (SSSR count). The third-order valence-electron chi connectivity index (χ3n) is 4.70. The third kappa shape index (κ3) is 5.05. The van der Waals surface area contributed by atoms with Crippen molar-refractivity contribution in [3.05, 3.63) is 88.7 Å². The van der Waals surface area contributed by atoms with Crippen LogP contribution in [0.4, 0.5) is 17.6 Å². The first-order valence-electron chi connectivity index (χ1n) is 9.25. The van der Waals surface area contributed by atoms with Crippen LogP contribution in [0.15, 0.2) is 60.7 Å². The molecule has 0 heterocycles. The molecule has 0 atom stereocenters. The molecule has 0 saturated heterocycles. The highest BCUT2D eigenvalue weighted by molar-refractivity contribution is 5.94. The molecule has 0 spiro atoms. The van der Waals surface area contributed by atoms with Crippen molar-refractivity contribution in [1.29, 1.82) is 0 Å². The van der Waals surface area contributed by atoms with Gasteiger partial charge in [0, 0.05) is 12.1 Å². The van der Waals surface area contributed by atoms with Crippen molar-refractivity contribution >= 4 is 11.9 Å². The Labute approximate surface area is 180 Å². The van der Waals surface area contributed by atoms with Gasteiger partial charge in [0.2, 0.25) is 0 Å². The Kier molecular flexibility index (Phi) is 6.47. The van der Waals surface area contributed by atoms with Crippen LogP contribution in [0.2, 0.25) is 0 Å². The summed E-state index contributed by atoms with van der Waals surface area (Å²) in [7, 11) is 1.42. The first-order valence-corrected chi connectivity index (χ1v) is 9.25. The number of carboxylic acid groups (broad SMARTS) is 1. The van der Waals surface area contributed by atoms with E-state index >= 15 is 0 Å². The van der Waals surface area contributed by atoms with E-state index < -0.39 is 35.0 Å². The van der Waals surface area contributed by atoms with Crippen molar-refractivity contribution in [3.63, 3.8) is 0 Å². The van der Waals surface area contributed by atoms with Crippen molar-refractivity contribution in [3.8, 4) is 16.9 Å². The van der Waals surface area contributed by atoms with E-state index in [9.17, 15) is 32.3 Å². The zero-order valence-electron chi connectivity index (χ0n) is 16.7. The number of carboxylic acids is 1. The van der Waals surface area contributed by atoms with Gasteiger partial charge < -0.3 is 15.2 Å². The Balaban J connectivity index is 1.83. The topological polar surface area (TPSA) is 75.6 Å². The van der Waals surface area contributed by atoms with Crippen LogP contribution in [0, 0.1) is 5.82 Å². The summed E-state index contributed by atoms with van der Waals surface area (Å²) in [6, 6.07) is 12.9. The summed E-state index contributed by atoms with van der Waals surface area (Å²) in [4.78, 5) is 23.5. The Morgan fingerprint density at radius 2 is 1.72 bits per heavy atom. The van der Waals surface area contributed by atoms with Crippen LogP contribution in [0.1, 0.15) is 31.8 Å². The molecule has 0 aliphatic heterocycles. The maximum Gasteiger partial charge on any atom is 0.416 e. The highest BCUT2D eigenvalue weighted by atomic mass is 19.4. The van der Waals surface area contributed by atoms with Crippen LogP contribution in [0.25, 0.3) is 11.1 Å². The highest BCUT2D eigenvalue weighted by Gasteiger charge is 2.31. The van der Waals surface area contributed by atoms with Gasteiger partial charge in [-0.2, -0.15) is 13.2 Å². The zero-order valence-corrected chi connectivity index (χ0v) is 16.7. The number of methoxy groups -OCH3 is 1. The number of hydrogen-bond acceptors (Lipinski definition) is 3. The fourth-order valence-electron chi connectivity index (χ4n) is 3.07. The van der Waals surface area contributed by atoms with Crippen LogP contribution in [-0.4, -0.2) is 24.1 Å². The molecular weight excluding hydrogens is 430 g/mol. The summed E-state index contributed by atoms with van der Waals surface area (Å²) < 4.78 is 57.4. The summed E-state index contributed by atoms with van der Waals surface area (Å²) in [5.41, 5.74) is 0.164. The molecule has 0 unspecified atom stereocenters. The zero-order chi connectivity index (χ0) is 23.5. The van der Waals surface area contributed by atoms with Gasteiger partial charge in [0.1, 0.15) is 11.6 Å². The predicted octanol–water partition coefficient (Wildman–Crippen LogP) is 5.15. The van der Waals surface area contributed by atoms with Crippen LogP contribution in [0.5, 0.6) is 5.75 Å². The van der Waals surface area contributed by atoms with Crippen molar-refractivity contribution in [1.82, 2.24) is 5.32 Å². The molecule has 0 saturated carbocycles. The maximum absolute atomic E-state index is 14.1. The molecule has 0 aromatic heterocycles.